The van der Waals surface area contributed by atoms with Crippen LogP contribution in [0.1, 0.15) is 49.3 Å². The van der Waals surface area contributed by atoms with E-state index in [9.17, 15) is 9.59 Å². The van der Waals surface area contributed by atoms with Crippen molar-refractivity contribution in [2.75, 3.05) is 0 Å². The van der Waals surface area contributed by atoms with E-state index >= 15 is 0 Å². The number of nitrogens with zero attached hydrogens (tertiary/aromatic N) is 1. The molecular formula is C31H35NO3. The quantitative estimate of drug-likeness (QED) is 0.153. The molecule has 182 valence electrons. The van der Waals surface area contributed by atoms with E-state index in [4.69, 9.17) is 4.74 Å². The number of ether oxygens (including phenoxy) is 1. The monoisotopic (exact) mass is 469 g/mol. The summed E-state index contributed by atoms with van der Waals surface area (Å²) in [6.45, 7) is 3.40. The van der Waals surface area contributed by atoms with E-state index in [-0.39, 0.29) is 18.4 Å². The normalized spacial score (nSPS) is 12.1. The van der Waals surface area contributed by atoms with Crippen LogP contribution in [0.5, 0.6) is 0 Å². The van der Waals surface area contributed by atoms with Gasteiger partial charge in [-0.2, -0.15) is 0 Å². The molecule has 0 saturated heterocycles. The van der Waals surface area contributed by atoms with Gasteiger partial charge in [-0.25, -0.2) is 0 Å². The number of ketones is 1. The number of carbonyl (C=O) groups excluding carboxylic acids is 2. The van der Waals surface area contributed by atoms with Crippen molar-refractivity contribution in [3.63, 3.8) is 0 Å². The van der Waals surface area contributed by atoms with Gasteiger partial charge >= 0.3 is 5.97 Å². The summed E-state index contributed by atoms with van der Waals surface area (Å²) in [6.07, 6.45) is 6.26. The Morgan fingerprint density at radius 3 is 1.83 bits per heavy atom. The van der Waals surface area contributed by atoms with Crippen molar-refractivity contribution < 1.29 is 14.3 Å². The Morgan fingerprint density at radius 1 is 0.800 bits per heavy atom. The van der Waals surface area contributed by atoms with Gasteiger partial charge in [-0.1, -0.05) is 104 Å². The summed E-state index contributed by atoms with van der Waals surface area (Å²) >= 11 is 0. The molecule has 0 radical (unpaired) electrons. The predicted molar refractivity (Wildman–Crippen MR) is 140 cm³/mol. The van der Waals surface area contributed by atoms with Crippen molar-refractivity contribution >= 4 is 11.8 Å². The van der Waals surface area contributed by atoms with E-state index in [1.807, 2.05) is 79.7 Å². The van der Waals surface area contributed by atoms with Crippen LogP contribution in [0.4, 0.5) is 0 Å². The first-order chi connectivity index (χ1) is 17.2. The molecule has 3 rings (SSSR count). The number of carbonyl (C=O) groups is 2. The van der Waals surface area contributed by atoms with Crippen LogP contribution in [-0.2, 0) is 34.0 Å². The molecule has 0 aromatic heterocycles. The van der Waals surface area contributed by atoms with Gasteiger partial charge in [-0.15, -0.1) is 0 Å². The standard InChI is InChI=1S/C31H35NO3/c1-2-29(33)21-13-6-14-22-30(31(34)35-25-28-19-11-5-12-20-28)32(23-26-15-7-3-8-16-26)24-27-17-9-4-10-18-27/h3-5,7-13,15-21,30H,2,6,14,22-25H2,1H3/b21-13+/t30-/m0/s1. The average molecular weight is 470 g/mol. The van der Waals surface area contributed by atoms with Crippen LogP contribution in [0, 0.1) is 0 Å². The topological polar surface area (TPSA) is 46.6 Å². The van der Waals surface area contributed by atoms with Gasteiger partial charge in [0.25, 0.3) is 0 Å². The van der Waals surface area contributed by atoms with Gasteiger partial charge in [-0.3, -0.25) is 14.5 Å². The Labute approximate surface area is 209 Å². The van der Waals surface area contributed by atoms with Crippen molar-refractivity contribution in [3.05, 3.63) is 120 Å². The first-order valence-electron chi connectivity index (χ1n) is 12.4. The second kappa shape index (κ2) is 14.7. The number of hydrogen-bond acceptors (Lipinski definition) is 4. The molecule has 0 aliphatic heterocycles. The molecule has 1 atom stereocenters. The molecule has 0 heterocycles. The van der Waals surface area contributed by atoms with E-state index in [0.29, 0.717) is 25.9 Å². The lowest BCUT2D eigenvalue weighted by molar-refractivity contribution is -0.152. The maximum absolute atomic E-state index is 13.4. The third kappa shape index (κ3) is 9.34. The summed E-state index contributed by atoms with van der Waals surface area (Å²) in [5, 5.41) is 0. The molecule has 3 aromatic carbocycles. The van der Waals surface area contributed by atoms with Gasteiger partial charge < -0.3 is 4.74 Å². The van der Waals surface area contributed by atoms with Crippen molar-refractivity contribution in [1.29, 1.82) is 0 Å². The average Bonchev–Trinajstić information content (AvgIpc) is 2.90. The number of rotatable bonds is 14. The lowest BCUT2D eigenvalue weighted by Crippen LogP contribution is -2.41. The first-order valence-corrected chi connectivity index (χ1v) is 12.4. The van der Waals surface area contributed by atoms with Crippen LogP contribution >= 0.6 is 0 Å². The summed E-state index contributed by atoms with van der Waals surface area (Å²) in [4.78, 5) is 27.2. The van der Waals surface area contributed by atoms with E-state index < -0.39 is 6.04 Å². The third-order valence-corrected chi connectivity index (χ3v) is 5.89. The second-order valence-corrected chi connectivity index (χ2v) is 8.64. The number of esters is 1. The number of allylic oxidation sites excluding steroid dienone is 2. The summed E-state index contributed by atoms with van der Waals surface area (Å²) in [5.41, 5.74) is 3.27. The van der Waals surface area contributed by atoms with Crippen LogP contribution in [0.3, 0.4) is 0 Å². The van der Waals surface area contributed by atoms with Crippen LogP contribution in [-0.4, -0.2) is 22.7 Å². The molecule has 0 spiro atoms. The molecular weight excluding hydrogens is 434 g/mol. The lowest BCUT2D eigenvalue weighted by Gasteiger charge is -2.30. The molecule has 0 fully saturated rings. The van der Waals surface area contributed by atoms with Crippen LogP contribution < -0.4 is 0 Å². The van der Waals surface area contributed by atoms with E-state index in [0.717, 1.165) is 29.5 Å². The minimum Gasteiger partial charge on any atom is -0.460 e. The van der Waals surface area contributed by atoms with E-state index in [2.05, 4.69) is 29.2 Å². The number of hydrogen-bond donors (Lipinski definition) is 0. The summed E-state index contributed by atoms with van der Waals surface area (Å²) in [5.74, 6) is -0.0899. The summed E-state index contributed by atoms with van der Waals surface area (Å²) in [7, 11) is 0. The number of unbranched alkanes of at least 4 members (excludes halogenated alkanes) is 1. The highest BCUT2D eigenvalue weighted by Crippen LogP contribution is 2.19. The van der Waals surface area contributed by atoms with E-state index in [1.54, 1.807) is 6.08 Å². The molecule has 0 N–H and O–H groups in total. The van der Waals surface area contributed by atoms with Crippen LogP contribution in [0.25, 0.3) is 0 Å². The minimum absolute atomic E-state index is 0.124. The lowest BCUT2D eigenvalue weighted by atomic mass is 10.0. The zero-order chi connectivity index (χ0) is 24.7. The fourth-order valence-electron chi connectivity index (χ4n) is 3.95. The SMILES string of the molecule is CCC(=O)/C=C/CCC[C@@H](C(=O)OCc1ccccc1)N(Cc1ccccc1)Cc1ccccc1. The van der Waals surface area contributed by atoms with E-state index in [1.165, 1.54) is 0 Å². The van der Waals surface area contributed by atoms with Gasteiger partial charge in [0.2, 0.25) is 0 Å². The molecule has 4 nitrogen and oxygen atoms in total. The van der Waals surface area contributed by atoms with Crippen molar-refractivity contribution in [2.24, 2.45) is 0 Å². The zero-order valence-electron chi connectivity index (χ0n) is 20.5. The summed E-state index contributed by atoms with van der Waals surface area (Å²) < 4.78 is 5.81. The molecule has 0 bridgehead atoms. The second-order valence-electron chi connectivity index (χ2n) is 8.64. The molecule has 0 aliphatic carbocycles. The predicted octanol–water partition coefficient (Wildman–Crippen LogP) is 6.51. The fraction of sp³-hybridized carbons (Fsp3) is 0.290. The number of benzene rings is 3. The highest BCUT2D eigenvalue weighted by atomic mass is 16.5. The van der Waals surface area contributed by atoms with Gasteiger partial charge in [0.05, 0.1) is 0 Å². The van der Waals surface area contributed by atoms with Crippen molar-refractivity contribution in [1.82, 2.24) is 4.90 Å². The maximum atomic E-state index is 13.4. The van der Waals surface area contributed by atoms with Gasteiger partial charge in [-0.05, 0) is 42.0 Å². The first kappa shape index (κ1) is 26.1. The van der Waals surface area contributed by atoms with Crippen LogP contribution in [0.15, 0.2) is 103 Å². The Hall–Kier alpha value is -3.50. The Balaban J connectivity index is 1.77. The maximum Gasteiger partial charge on any atom is 0.323 e. The zero-order valence-corrected chi connectivity index (χ0v) is 20.5. The molecule has 0 saturated carbocycles. The Kier molecular flexibility index (Phi) is 11.0. The largest absolute Gasteiger partial charge is 0.460 e. The Bertz CT molecular complexity index is 1010. The van der Waals surface area contributed by atoms with Gasteiger partial charge in [0, 0.05) is 19.5 Å². The molecule has 35 heavy (non-hydrogen) atoms. The Morgan fingerprint density at radius 2 is 1.31 bits per heavy atom. The highest BCUT2D eigenvalue weighted by molar-refractivity contribution is 5.89. The minimum atomic E-state index is -0.394. The van der Waals surface area contributed by atoms with Crippen molar-refractivity contribution in [3.8, 4) is 0 Å². The van der Waals surface area contributed by atoms with Gasteiger partial charge in [0.15, 0.2) is 5.78 Å². The molecule has 3 aromatic rings. The molecule has 0 amide bonds. The highest BCUT2D eigenvalue weighted by Gasteiger charge is 2.27. The van der Waals surface area contributed by atoms with Crippen molar-refractivity contribution in [2.45, 2.75) is 58.3 Å². The fourth-order valence-corrected chi connectivity index (χ4v) is 3.95. The molecule has 4 heteroatoms. The van der Waals surface area contributed by atoms with Gasteiger partial charge in [0.1, 0.15) is 12.6 Å². The van der Waals surface area contributed by atoms with Crippen LogP contribution in [0.2, 0.25) is 0 Å². The third-order valence-electron chi connectivity index (χ3n) is 5.89. The smallest absolute Gasteiger partial charge is 0.323 e. The molecule has 0 unspecified atom stereocenters. The summed E-state index contributed by atoms with van der Waals surface area (Å²) in [6, 6.07) is 29.8. The molecule has 0 aliphatic rings.